The minimum Gasteiger partial charge on any atom is -0.460 e. The van der Waals surface area contributed by atoms with E-state index in [1.54, 1.807) is 0 Å². The Morgan fingerprint density at radius 3 is 2.94 bits per heavy atom. The van der Waals surface area contributed by atoms with E-state index in [1.807, 2.05) is 13.8 Å². The highest BCUT2D eigenvalue weighted by Gasteiger charge is 2.82. The number of carbonyl (C=O) groups excluding carboxylic acids is 1. The van der Waals surface area contributed by atoms with Crippen LogP contribution in [0.15, 0.2) is 11.6 Å². The first-order valence-electron chi connectivity index (χ1n) is 5.68. The minimum absolute atomic E-state index is 0.0125. The quantitative estimate of drug-likeness (QED) is 0.437. The summed E-state index contributed by atoms with van der Waals surface area (Å²) in [4.78, 5) is 11.7. The van der Waals surface area contributed by atoms with Gasteiger partial charge in [0.1, 0.15) is 23.2 Å². The van der Waals surface area contributed by atoms with Gasteiger partial charge >= 0.3 is 5.97 Å². The van der Waals surface area contributed by atoms with Crippen LogP contribution in [0.3, 0.4) is 0 Å². The Labute approximate surface area is 94.2 Å². The van der Waals surface area contributed by atoms with Crippen LogP contribution >= 0.6 is 0 Å². The average Bonchev–Trinajstić information content (AvgIpc) is 2.88. The highest BCUT2D eigenvalue weighted by Crippen LogP contribution is 2.66. The molecule has 0 spiro atoms. The Hall–Kier alpha value is -0.870. The highest BCUT2D eigenvalue weighted by molar-refractivity contribution is 5.86. The molecule has 4 nitrogen and oxygen atoms in total. The van der Waals surface area contributed by atoms with Crippen molar-refractivity contribution in [1.29, 1.82) is 0 Å². The van der Waals surface area contributed by atoms with Crippen LogP contribution in [0.1, 0.15) is 26.7 Å². The summed E-state index contributed by atoms with van der Waals surface area (Å²) in [5.74, 6) is -0.159. The zero-order chi connectivity index (χ0) is 11.6. The fraction of sp³-hybridized carbons (Fsp3) is 0.750. The Morgan fingerprint density at radius 2 is 2.38 bits per heavy atom. The van der Waals surface area contributed by atoms with Gasteiger partial charge in [-0.15, -0.1) is 0 Å². The predicted octanol–water partition coefficient (Wildman–Crippen LogP) is 0.788. The SMILES string of the molecule is CC(C)=CC[C@]12C(=O)O[C@H]1C[C@]1(CO)O[C@@H]12. The van der Waals surface area contributed by atoms with Gasteiger partial charge in [-0.05, 0) is 20.3 Å². The lowest BCUT2D eigenvalue weighted by atomic mass is 9.75. The molecule has 1 N–H and O–H groups in total. The second-order valence-corrected chi connectivity index (χ2v) is 5.34. The number of hydrogen-bond acceptors (Lipinski definition) is 4. The molecule has 88 valence electrons. The van der Waals surface area contributed by atoms with Crippen LogP contribution in [0.2, 0.25) is 0 Å². The van der Waals surface area contributed by atoms with Gasteiger partial charge < -0.3 is 14.6 Å². The lowest BCUT2D eigenvalue weighted by Gasteiger charge is -2.42. The summed E-state index contributed by atoms with van der Waals surface area (Å²) in [6, 6.07) is 0. The topological polar surface area (TPSA) is 59.1 Å². The fourth-order valence-electron chi connectivity index (χ4n) is 3.04. The summed E-state index contributed by atoms with van der Waals surface area (Å²) < 4.78 is 10.7. The summed E-state index contributed by atoms with van der Waals surface area (Å²) in [5.41, 5.74) is 0.210. The molecule has 2 aliphatic heterocycles. The lowest BCUT2D eigenvalue weighted by molar-refractivity contribution is -0.209. The molecule has 3 fully saturated rings. The van der Waals surface area contributed by atoms with Crippen molar-refractivity contribution < 1.29 is 19.4 Å². The van der Waals surface area contributed by atoms with Crippen molar-refractivity contribution in [2.75, 3.05) is 6.61 Å². The molecular weight excluding hydrogens is 208 g/mol. The molecule has 16 heavy (non-hydrogen) atoms. The first-order chi connectivity index (χ1) is 7.55. The maximum absolute atomic E-state index is 11.7. The molecule has 2 saturated heterocycles. The van der Waals surface area contributed by atoms with Gasteiger partial charge in [-0.3, -0.25) is 4.79 Å². The van der Waals surface area contributed by atoms with Crippen LogP contribution in [0.25, 0.3) is 0 Å². The zero-order valence-electron chi connectivity index (χ0n) is 9.53. The maximum Gasteiger partial charge on any atom is 0.319 e. The molecule has 1 aliphatic carbocycles. The Kier molecular flexibility index (Phi) is 1.85. The van der Waals surface area contributed by atoms with Crippen LogP contribution in [-0.4, -0.2) is 35.5 Å². The number of carbonyl (C=O) groups is 1. The molecule has 4 heteroatoms. The van der Waals surface area contributed by atoms with Crippen molar-refractivity contribution in [3.63, 3.8) is 0 Å². The van der Waals surface area contributed by atoms with Gasteiger partial charge in [-0.1, -0.05) is 11.6 Å². The number of rotatable bonds is 3. The standard InChI is InChI=1S/C12H16O4/c1-7(2)3-4-12-8(15-10(12)14)5-11(6-13)9(12)16-11/h3,8-9,13H,4-6H2,1-2H3/t8-,9-,11+,12-/m0/s1. The van der Waals surface area contributed by atoms with E-state index in [0.717, 1.165) is 0 Å². The number of fused-ring (bicyclic) bond motifs is 3. The fourth-order valence-corrected chi connectivity index (χ4v) is 3.04. The molecule has 0 bridgehead atoms. The molecule has 0 amide bonds. The summed E-state index contributed by atoms with van der Waals surface area (Å²) in [6.45, 7) is 4.01. The van der Waals surface area contributed by atoms with E-state index < -0.39 is 11.0 Å². The van der Waals surface area contributed by atoms with Crippen LogP contribution < -0.4 is 0 Å². The van der Waals surface area contributed by atoms with Crippen LogP contribution in [0.5, 0.6) is 0 Å². The Morgan fingerprint density at radius 1 is 1.62 bits per heavy atom. The van der Waals surface area contributed by atoms with Crippen molar-refractivity contribution in [3.8, 4) is 0 Å². The first-order valence-corrected chi connectivity index (χ1v) is 5.68. The van der Waals surface area contributed by atoms with Gasteiger partial charge in [0, 0.05) is 6.42 Å². The lowest BCUT2D eigenvalue weighted by Crippen LogP contribution is -2.56. The molecule has 0 aromatic heterocycles. The van der Waals surface area contributed by atoms with Gasteiger partial charge in [-0.25, -0.2) is 0 Å². The van der Waals surface area contributed by atoms with E-state index in [4.69, 9.17) is 9.47 Å². The minimum atomic E-state index is -0.500. The number of hydrogen-bond donors (Lipinski definition) is 1. The Balaban J connectivity index is 1.87. The first kappa shape index (κ1) is 10.3. The van der Waals surface area contributed by atoms with Gasteiger partial charge in [0.05, 0.1) is 6.61 Å². The number of aliphatic hydroxyl groups excluding tert-OH is 1. The van der Waals surface area contributed by atoms with Crippen molar-refractivity contribution in [2.45, 2.75) is 44.5 Å². The summed E-state index contributed by atoms with van der Waals surface area (Å²) in [7, 11) is 0. The average molecular weight is 224 g/mol. The normalized spacial score (nSPS) is 47.6. The van der Waals surface area contributed by atoms with Gasteiger partial charge in [0.15, 0.2) is 0 Å². The van der Waals surface area contributed by atoms with Gasteiger partial charge in [-0.2, -0.15) is 0 Å². The molecule has 0 aromatic carbocycles. The highest BCUT2D eigenvalue weighted by atomic mass is 16.7. The predicted molar refractivity (Wildman–Crippen MR) is 55.7 cm³/mol. The summed E-state index contributed by atoms with van der Waals surface area (Å²) >= 11 is 0. The largest absolute Gasteiger partial charge is 0.460 e. The summed E-state index contributed by atoms with van der Waals surface area (Å²) in [5, 5.41) is 9.30. The van der Waals surface area contributed by atoms with Crippen molar-refractivity contribution in [1.82, 2.24) is 0 Å². The molecule has 0 aromatic rings. The molecule has 1 saturated carbocycles. The van der Waals surface area contributed by atoms with E-state index in [1.165, 1.54) is 5.57 Å². The van der Waals surface area contributed by atoms with E-state index in [9.17, 15) is 9.90 Å². The number of aliphatic hydroxyl groups is 1. The van der Waals surface area contributed by atoms with E-state index in [2.05, 4.69) is 6.08 Å². The number of epoxide rings is 1. The number of allylic oxidation sites excluding steroid dienone is 2. The van der Waals surface area contributed by atoms with E-state index in [-0.39, 0.29) is 24.8 Å². The monoisotopic (exact) mass is 224 g/mol. The van der Waals surface area contributed by atoms with Crippen molar-refractivity contribution in [2.24, 2.45) is 5.41 Å². The van der Waals surface area contributed by atoms with Crippen LogP contribution in [0, 0.1) is 5.41 Å². The molecule has 2 heterocycles. The Bertz CT molecular complexity index is 384. The molecule has 0 unspecified atom stereocenters. The maximum atomic E-state index is 11.7. The van der Waals surface area contributed by atoms with Gasteiger partial charge in [0.2, 0.25) is 0 Å². The molecular formula is C12H16O4. The van der Waals surface area contributed by atoms with E-state index in [0.29, 0.717) is 12.8 Å². The third-order valence-electron chi connectivity index (χ3n) is 4.09. The van der Waals surface area contributed by atoms with Gasteiger partial charge in [0.25, 0.3) is 0 Å². The third-order valence-corrected chi connectivity index (χ3v) is 4.09. The molecule has 4 atom stereocenters. The zero-order valence-corrected chi connectivity index (χ0v) is 9.53. The third kappa shape index (κ3) is 0.992. The van der Waals surface area contributed by atoms with Crippen LogP contribution in [0.4, 0.5) is 0 Å². The molecule has 0 radical (unpaired) electrons. The smallest absolute Gasteiger partial charge is 0.319 e. The van der Waals surface area contributed by atoms with Crippen molar-refractivity contribution in [3.05, 3.63) is 11.6 Å². The second kappa shape index (κ2) is 2.87. The number of ether oxygens (including phenoxy) is 2. The van der Waals surface area contributed by atoms with Crippen LogP contribution in [-0.2, 0) is 14.3 Å². The summed E-state index contributed by atoms with van der Waals surface area (Å²) in [6.07, 6.45) is 3.19. The molecule has 3 rings (SSSR count). The van der Waals surface area contributed by atoms with E-state index >= 15 is 0 Å². The van der Waals surface area contributed by atoms with Crippen molar-refractivity contribution >= 4 is 5.97 Å². The molecule has 3 aliphatic rings. The number of esters is 1. The second-order valence-electron chi connectivity index (χ2n) is 5.34.